The molecule has 0 N–H and O–H groups in total. The highest BCUT2D eigenvalue weighted by molar-refractivity contribution is 7.87. The van der Waals surface area contributed by atoms with Crippen molar-refractivity contribution in [3.63, 3.8) is 0 Å². The average Bonchev–Trinajstić information content (AvgIpc) is 2.36. The average molecular weight is 293 g/mol. The molecule has 0 fully saturated rings. The van der Waals surface area contributed by atoms with Crippen molar-refractivity contribution in [2.24, 2.45) is 0 Å². The molecule has 6 heteroatoms. The van der Waals surface area contributed by atoms with Crippen LogP contribution in [0, 0.1) is 6.92 Å². The highest BCUT2D eigenvalue weighted by Gasteiger charge is 2.21. The predicted octanol–water partition coefficient (Wildman–Crippen LogP) is 2.92. The third-order valence-corrected chi connectivity index (χ3v) is 3.86. The molecule has 0 aliphatic rings. The third kappa shape index (κ3) is 3.03. The van der Waals surface area contributed by atoms with Gasteiger partial charge < -0.3 is 8.92 Å². The summed E-state index contributed by atoms with van der Waals surface area (Å²) in [6.07, 6.45) is 0. The number of hydrogen-bond acceptors (Lipinski definition) is 4. The van der Waals surface area contributed by atoms with Crippen LogP contribution in [0.5, 0.6) is 17.2 Å². The van der Waals surface area contributed by atoms with E-state index in [0.717, 1.165) is 6.07 Å². The molecule has 0 saturated heterocycles. The molecule has 0 unspecified atom stereocenters. The molecule has 0 amide bonds. The first-order valence-electron chi connectivity index (χ1n) is 5.78. The molecular formula is C14H13O5S. The Morgan fingerprint density at radius 2 is 1.75 bits per heavy atom. The molecule has 0 aliphatic heterocycles. The normalized spacial score (nSPS) is 11.1. The molecule has 2 rings (SSSR count). The van der Waals surface area contributed by atoms with Gasteiger partial charge in [-0.3, -0.25) is 5.11 Å². The van der Waals surface area contributed by atoms with Gasteiger partial charge in [-0.25, -0.2) is 0 Å². The molecule has 0 atom stereocenters. The molecule has 0 spiro atoms. The van der Waals surface area contributed by atoms with E-state index in [1.165, 1.54) is 31.4 Å². The van der Waals surface area contributed by atoms with Crippen molar-refractivity contribution in [1.29, 1.82) is 0 Å². The standard InChI is InChI=1S/C14H13O5S/c1-10-7-11(15)9-12(8-10)19-20(16,17)14-6-4-3-5-13(14)18-2/h3-9H,1-2H3. The van der Waals surface area contributed by atoms with Crippen molar-refractivity contribution < 1.29 is 22.4 Å². The Labute approximate surface area is 117 Å². The summed E-state index contributed by atoms with van der Waals surface area (Å²) in [7, 11) is -2.68. The summed E-state index contributed by atoms with van der Waals surface area (Å²) in [5, 5.41) is 11.4. The van der Waals surface area contributed by atoms with Crippen LogP contribution in [0.25, 0.3) is 0 Å². The summed E-state index contributed by atoms with van der Waals surface area (Å²) in [6, 6.07) is 10.1. The number of rotatable bonds is 4. The molecule has 0 heterocycles. The van der Waals surface area contributed by atoms with Crippen LogP contribution in [-0.4, -0.2) is 15.5 Å². The van der Waals surface area contributed by atoms with Gasteiger partial charge in [0.15, 0.2) is 5.75 Å². The van der Waals surface area contributed by atoms with E-state index in [2.05, 4.69) is 0 Å². The van der Waals surface area contributed by atoms with Crippen LogP contribution in [0.4, 0.5) is 0 Å². The molecule has 2 aromatic carbocycles. The minimum atomic E-state index is -4.05. The van der Waals surface area contributed by atoms with Gasteiger partial charge in [-0.05, 0) is 36.8 Å². The molecule has 0 aromatic heterocycles. The smallest absolute Gasteiger partial charge is 0.342 e. The van der Waals surface area contributed by atoms with Crippen LogP contribution in [-0.2, 0) is 15.2 Å². The molecule has 0 saturated carbocycles. The summed E-state index contributed by atoms with van der Waals surface area (Å²) >= 11 is 0. The van der Waals surface area contributed by atoms with Gasteiger partial charge >= 0.3 is 10.1 Å². The van der Waals surface area contributed by atoms with Crippen molar-refractivity contribution in [1.82, 2.24) is 0 Å². The third-order valence-electron chi connectivity index (χ3n) is 2.57. The second-order valence-electron chi connectivity index (χ2n) is 4.17. The zero-order valence-electron chi connectivity index (χ0n) is 11.0. The summed E-state index contributed by atoms with van der Waals surface area (Å²) in [4.78, 5) is -0.0866. The minimum Gasteiger partial charge on any atom is -0.495 e. The molecule has 2 aromatic rings. The summed E-state index contributed by atoms with van der Waals surface area (Å²) in [5.74, 6) is -0.140. The van der Waals surface area contributed by atoms with Gasteiger partial charge in [-0.15, -0.1) is 0 Å². The lowest BCUT2D eigenvalue weighted by atomic mass is 10.2. The lowest BCUT2D eigenvalue weighted by Gasteiger charge is -2.10. The fourth-order valence-corrected chi connectivity index (χ4v) is 2.84. The van der Waals surface area contributed by atoms with E-state index in [1.807, 2.05) is 0 Å². The van der Waals surface area contributed by atoms with Crippen LogP contribution in [0.1, 0.15) is 5.56 Å². The quantitative estimate of drug-likeness (QED) is 0.812. The highest BCUT2D eigenvalue weighted by Crippen LogP contribution is 2.28. The predicted molar refractivity (Wildman–Crippen MR) is 72.1 cm³/mol. The number of para-hydroxylation sites is 1. The maximum atomic E-state index is 12.2. The Morgan fingerprint density at radius 3 is 2.40 bits per heavy atom. The Balaban J connectivity index is 2.41. The first-order chi connectivity index (χ1) is 9.42. The zero-order valence-corrected chi connectivity index (χ0v) is 11.8. The fourth-order valence-electron chi connectivity index (χ4n) is 1.76. The van der Waals surface area contributed by atoms with Gasteiger partial charge in [0.1, 0.15) is 16.4 Å². The van der Waals surface area contributed by atoms with E-state index >= 15 is 0 Å². The van der Waals surface area contributed by atoms with E-state index in [4.69, 9.17) is 8.92 Å². The first-order valence-corrected chi connectivity index (χ1v) is 7.19. The van der Waals surface area contributed by atoms with Crippen LogP contribution >= 0.6 is 0 Å². The monoisotopic (exact) mass is 293 g/mol. The van der Waals surface area contributed by atoms with Crippen LogP contribution in [0.2, 0.25) is 0 Å². The number of methoxy groups -OCH3 is 1. The second-order valence-corrected chi connectivity index (χ2v) is 5.68. The molecule has 0 bridgehead atoms. The van der Waals surface area contributed by atoms with Gasteiger partial charge in [-0.2, -0.15) is 8.42 Å². The van der Waals surface area contributed by atoms with E-state index in [1.54, 1.807) is 19.1 Å². The SMILES string of the molecule is COc1ccccc1S(=O)(=O)Oc1cc(C)cc([O])c1. The maximum Gasteiger partial charge on any atom is 0.342 e. The van der Waals surface area contributed by atoms with Crippen molar-refractivity contribution in [3.8, 4) is 17.2 Å². The minimum absolute atomic E-state index is 0.0130. The highest BCUT2D eigenvalue weighted by atomic mass is 32.2. The van der Waals surface area contributed by atoms with Crippen LogP contribution < -0.4 is 8.92 Å². The number of ether oxygens (including phenoxy) is 1. The number of aryl methyl sites for hydroxylation is 1. The fraction of sp³-hybridized carbons (Fsp3) is 0.143. The van der Waals surface area contributed by atoms with E-state index in [9.17, 15) is 13.5 Å². The number of benzene rings is 2. The van der Waals surface area contributed by atoms with Gasteiger partial charge in [0, 0.05) is 6.07 Å². The van der Waals surface area contributed by atoms with Gasteiger partial charge in [0.25, 0.3) is 0 Å². The first kappa shape index (κ1) is 14.2. The summed E-state index contributed by atoms with van der Waals surface area (Å²) in [6.45, 7) is 1.68. The van der Waals surface area contributed by atoms with Crippen LogP contribution in [0.15, 0.2) is 47.4 Å². The van der Waals surface area contributed by atoms with Crippen LogP contribution in [0.3, 0.4) is 0 Å². The Hall–Kier alpha value is -2.21. The summed E-state index contributed by atoms with van der Waals surface area (Å²) in [5.41, 5.74) is 0.628. The molecule has 1 radical (unpaired) electrons. The molecule has 105 valence electrons. The van der Waals surface area contributed by atoms with Crippen molar-refractivity contribution >= 4 is 10.1 Å². The Bertz CT molecular complexity index is 702. The topological polar surface area (TPSA) is 72.5 Å². The lowest BCUT2D eigenvalue weighted by Crippen LogP contribution is -2.11. The maximum absolute atomic E-state index is 12.2. The van der Waals surface area contributed by atoms with Crippen molar-refractivity contribution in [2.45, 2.75) is 11.8 Å². The summed E-state index contributed by atoms with van der Waals surface area (Å²) < 4.78 is 34.4. The van der Waals surface area contributed by atoms with E-state index in [0.29, 0.717) is 5.56 Å². The van der Waals surface area contributed by atoms with Crippen molar-refractivity contribution in [3.05, 3.63) is 48.0 Å². The zero-order chi connectivity index (χ0) is 14.8. The van der Waals surface area contributed by atoms with Crippen molar-refractivity contribution in [2.75, 3.05) is 7.11 Å². The Kier molecular flexibility index (Phi) is 3.85. The Morgan fingerprint density at radius 1 is 1.05 bits per heavy atom. The van der Waals surface area contributed by atoms with Gasteiger partial charge in [0.2, 0.25) is 0 Å². The largest absolute Gasteiger partial charge is 0.495 e. The van der Waals surface area contributed by atoms with Gasteiger partial charge in [0.05, 0.1) is 7.11 Å². The van der Waals surface area contributed by atoms with Gasteiger partial charge in [-0.1, -0.05) is 12.1 Å². The molecule has 5 nitrogen and oxygen atoms in total. The van der Waals surface area contributed by atoms with E-state index in [-0.39, 0.29) is 22.1 Å². The molecule has 0 aliphatic carbocycles. The lowest BCUT2D eigenvalue weighted by molar-refractivity contribution is 0.352. The van der Waals surface area contributed by atoms with E-state index < -0.39 is 10.1 Å². The second kappa shape index (κ2) is 5.42. The number of hydrogen-bond donors (Lipinski definition) is 0. The molecule has 20 heavy (non-hydrogen) atoms. The molecular weight excluding hydrogens is 280 g/mol.